The average molecular weight is 437 g/mol. The number of nitrogens with zero attached hydrogens (tertiary/aromatic N) is 4. The number of carbonyl (C=O) groups is 1. The number of amidine groups is 1. The highest BCUT2D eigenvalue weighted by atomic mass is 16.5. The number of amides is 1. The van der Waals surface area contributed by atoms with Crippen molar-refractivity contribution in [1.29, 1.82) is 0 Å². The van der Waals surface area contributed by atoms with E-state index in [4.69, 9.17) is 4.74 Å². The van der Waals surface area contributed by atoms with Gasteiger partial charge in [-0.25, -0.2) is 14.8 Å². The molecule has 0 atom stereocenters. The van der Waals surface area contributed by atoms with Gasteiger partial charge in [-0.1, -0.05) is 31.5 Å². The number of oxime groups is 1. The fourth-order valence-electron chi connectivity index (χ4n) is 2.87. The van der Waals surface area contributed by atoms with Crippen molar-refractivity contribution in [3.63, 3.8) is 0 Å². The molecule has 0 aliphatic rings. The standard InChI is InChI=1S/C23H28N6O3/c1-15(23(2,3)4)10-20(28-31)27-22(30)29-9-8-16-11-18(6-7-19(16)29)32-21-12-17(13-24-5)25-14-26-21/h6-12,14,24,31H,13H2,1-5H3,(H,27,28,30)/b15-10+. The summed E-state index contributed by atoms with van der Waals surface area (Å²) in [4.78, 5) is 21.1. The molecule has 0 saturated heterocycles. The molecule has 0 bridgehead atoms. The quantitative estimate of drug-likeness (QED) is 0.238. The number of hydrogen-bond acceptors (Lipinski definition) is 7. The van der Waals surface area contributed by atoms with Gasteiger partial charge in [-0.2, -0.15) is 0 Å². The van der Waals surface area contributed by atoms with E-state index in [1.54, 1.807) is 36.5 Å². The van der Waals surface area contributed by atoms with Crippen LogP contribution in [-0.4, -0.2) is 38.7 Å². The number of nitrogens with one attached hydrogen (secondary N) is 2. The Labute approximate surface area is 186 Å². The van der Waals surface area contributed by atoms with E-state index in [0.717, 1.165) is 16.7 Å². The minimum Gasteiger partial charge on any atom is -0.439 e. The van der Waals surface area contributed by atoms with Crippen molar-refractivity contribution in [2.24, 2.45) is 10.6 Å². The molecule has 9 heteroatoms. The van der Waals surface area contributed by atoms with Crippen LogP contribution in [0.25, 0.3) is 10.9 Å². The maximum absolute atomic E-state index is 12.8. The Bertz CT molecular complexity index is 1170. The van der Waals surface area contributed by atoms with Crippen LogP contribution in [0.15, 0.2) is 59.7 Å². The first-order valence-electron chi connectivity index (χ1n) is 10.2. The van der Waals surface area contributed by atoms with Crippen LogP contribution in [0.5, 0.6) is 11.6 Å². The Morgan fingerprint density at radius 1 is 1.25 bits per heavy atom. The molecule has 2 heterocycles. The fraction of sp³-hybridized carbons (Fsp3) is 0.304. The highest BCUT2D eigenvalue weighted by molar-refractivity contribution is 6.06. The molecule has 2 aromatic heterocycles. The van der Waals surface area contributed by atoms with Crippen molar-refractivity contribution in [1.82, 2.24) is 25.2 Å². The molecule has 3 N–H and O–H groups in total. The summed E-state index contributed by atoms with van der Waals surface area (Å²) in [6.07, 6.45) is 4.76. The first kappa shape index (κ1) is 23.0. The molecule has 9 nitrogen and oxygen atoms in total. The van der Waals surface area contributed by atoms with Crippen molar-refractivity contribution in [2.45, 2.75) is 34.2 Å². The number of rotatable bonds is 5. The van der Waals surface area contributed by atoms with Crippen LogP contribution < -0.4 is 15.4 Å². The fourth-order valence-corrected chi connectivity index (χ4v) is 2.87. The predicted octanol–water partition coefficient (Wildman–Crippen LogP) is 4.28. The zero-order valence-corrected chi connectivity index (χ0v) is 18.9. The van der Waals surface area contributed by atoms with Gasteiger partial charge in [0.05, 0.1) is 11.2 Å². The van der Waals surface area contributed by atoms with Gasteiger partial charge in [-0.05, 0) is 49.7 Å². The van der Waals surface area contributed by atoms with Crippen LogP contribution >= 0.6 is 0 Å². The van der Waals surface area contributed by atoms with Crippen molar-refractivity contribution in [3.8, 4) is 11.6 Å². The lowest BCUT2D eigenvalue weighted by Crippen LogP contribution is -2.33. The molecule has 0 fully saturated rings. The first-order valence-corrected chi connectivity index (χ1v) is 10.2. The Balaban J connectivity index is 1.78. The van der Waals surface area contributed by atoms with E-state index >= 15 is 0 Å². The molecule has 3 rings (SSSR count). The van der Waals surface area contributed by atoms with Crippen LogP contribution in [0.2, 0.25) is 0 Å². The smallest absolute Gasteiger partial charge is 0.331 e. The number of benzene rings is 1. The largest absolute Gasteiger partial charge is 0.439 e. The summed E-state index contributed by atoms with van der Waals surface area (Å²) in [6, 6.07) is 8.50. The number of fused-ring (bicyclic) bond motifs is 1. The average Bonchev–Trinajstić information content (AvgIpc) is 3.16. The summed E-state index contributed by atoms with van der Waals surface area (Å²) in [7, 11) is 1.84. The van der Waals surface area contributed by atoms with Gasteiger partial charge < -0.3 is 15.3 Å². The van der Waals surface area contributed by atoms with Crippen LogP contribution in [0.1, 0.15) is 33.4 Å². The zero-order valence-electron chi connectivity index (χ0n) is 18.9. The molecule has 1 aromatic carbocycles. The van der Waals surface area contributed by atoms with Crippen LogP contribution in [0.3, 0.4) is 0 Å². The molecule has 0 aliphatic carbocycles. The van der Waals surface area contributed by atoms with E-state index in [-0.39, 0.29) is 11.3 Å². The number of carbonyl (C=O) groups excluding carboxylic acids is 1. The molecule has 0 spiro atoms. The van der Waals surface area contributed by atoms with Gasteiger partial charge in [0.1, 0.15) is 12.1 Å². The minimum absolute atomic E-state index is 0.0744. The topological polar surface area (TPSA) is 114 Å². The predicted molar refractivity (Wildman–Crippen MR) is 123 cm³/mol. The lowest BCUT2D eigenvalue weighted by atomic mass is 9.87. The second-order valence-corrected chi connectivity index (χ2v) is 8.38. The molecule has 1 amide bonds. The molecule has 32 heavy (non-hydrogen) atoms. The number of aromatic nitrogens is 3. The lowest BCUT2D eigenvalue weighted by Gasteiger charge is -2.19. The molecule has 0 aliphatic heterocycles. The van der Waals surface area contributed by atoms with E-state index in [2.05, 4.69) is 25.8 Å². The molecule has 3 aromatic rings. The van der Waals surface area contributed by atoms with Gasteiger partial charge >= 0.3 is 6.03 Å². The van der Waals surface area contributed by atoms with E-state index in [1.807, 2.05) is 40.8 Å². The van der Waals surface area contributed by atoms with Crippen LogP contribution in [0.4, 0.5) is 4.79 Å². The maximum Gasteiger partial charge on any atom is 0.331 e. The lowest BCUT2D eigenvalue weighted by molar-refractivity contribution is 0.246. The number of hydrogen-bond donors (Lipinski definition) is 3. The van der Waals surface area contributed by atoms with Gasteiger partial charge in [0.15, 0.2) is 5.84 Å². The van der Waals surface area contributed by atoms with Crippen molar-refractivity contribution in [3.05, 3.63) is 60.2 Å². The summed E-state index contributed by atoms with van der Waals surface area (Å²) >= 11 is 0. The Morgan fingerprint density at radius 3 is 2.72 bits per heavy atom. The molecule has 0 radical (unpaired) electrons. The summed E-state index contributed by atoms with van der Waals surface area (Å²) in [5.74, 6) is 1.10. The van der Waals surface area contributed by atoms with Crippen molar-refractivity contribution in [2.75, 3.05) is 7.05 Å². The van der Waals surface area contributed by atoms with E-state index in [1.165, 1.54) is 10.9 Å². The monoisotopic (exact) mass is 436 g/mol. The summed E-state index contributed by atoms with van der Waals surface area (Å²) in [5.41, 5.74) is 2.35. The van der Waals surface area contributed by atoms with Crippen molar-refractivity contribution >= 4 is 22.8 Å². The third kappa shape index (κ3) is 5.50. The SMILES string of the molecule is CNCc1cc(Oc2ccc3c(ccn3C(=O)NC(/C=C(\C)C(C)(C)C)=N/O)c2)ncn1. The van der Waals surface area contributed by atoms with E-state index < -0.39 is 6.03 Å². The Hall–Kier alpha value is -3.72. The minimum atomic E-state index is -0.438. The zero-order chi connectivity index (χ0) is 23.3. The molecule has 0 saturated carbocycles. The Morgan fingerprint density at radius 2 is 2.03 bits per heavy atom. The highest BCUT2D eigenvalue weighted by Crippen LogP contribution is 2.26. The number of ether oxygens (including phenoxy) is 1. The highest BCUT2D eigenvalue weighted by Gasteiger charge is 2.16. The molecular formula is C23H28N6O3. The number of allylic oxidation sites excluding steroid dienone is 1. The Kier molecular flexibility index (Phi) is 6.89. The molecular weight excluding hydrogens is 408 g/mol. The van der Waals surface area contributed by atoms with Gasteiger partial charge in [-0.3, -0.25) is 9.88 Å². The van der Waals surface area contributed by atoms with Crippen LogP contribution in [0, 0.1) is 5.41 Å². The van der Waals surface area contributed by atoms with Crippen LogP contribution in [-0.2, 0) is 6.54 Å². The van der Waals surface area contributed by atoms with Gasteiger partial charge in [0, 0.05) is 24.2 Å². The van der Waals surface area contributed by atoms with Crippen molar-refractivity contribution < 1.29 is 14.7 Å². The van der Waals surface area contributed by atoms with E-state index in [9.17, 15) is 10.0 Å². The first-order chi connectivity index (χ1) is 15.2. The summed E-state index contributed by atoms with van der Waals surface area (Å²) in [6.45, 7) is 8.65. The van der Waals surface area contributed by atoms with E-state index in [0.29, 0.717) is 23.7 Å². The second-order valence-electron chi connectivity index (χ2n) is 8.38. The summed E-state index contributed by atoms with van der Waals surface area (Å²) < 4.78 is 7.30. The summed E-state index contributed by atoms with van der Waals surface area (Å²) in [5, 5.41) is 19.0. The van der Waals surface area contributed by atoms with Gasteiger partial charge in [-0.15, -0.1) is 0 Å². The molecule has 168 valence electrons. The second kappa shape index (κ2) is 9.61. The van der Waals surface area contributed by atoms with Gasteiger partial charge in [0.25, 0.3) is 0 Å². The molecule has 0 unspecified atom stereocenters. The maximum atomic E-state index is 12.8. The third-order valence-electron chi connectivity index (χ3n) is 5.04. The third-order valence-corrected chi connectivity index (χ3v) is 5.04. The normalized spacial score (nSPS) is 12.8. The van der Waals surface area contributed by atoms with Gasteiger partial charge in [0.2, 0.25) is 5.88 Å².